The van der Waals surface area contributed by atoms with Gasteiger partial charge in [0.1, 0.15) is 11.3 Å². The van der Waals surface area contributed by atoms with E-state index in [1.165, 1.54) is 44.3 Å². The summed E-state index contributed by atoms with van der Waals surface area (Å²) >= 11 is 0. The van der Waals surface area contributed by atoms with Crippen molar-refractivity contribution in [1.29, 1.82) is 0 Å². The molecular weight excluding hydrogens is 396 g/mol. The minimum absolute atomic E-state index is 0.492. The van der Waals surface area contributed by atoms with Crippen LogP contribution in [0.2, 0.25) is 0 Å². The first-order valence-corrected chi connectivity index (χ1v) is 11.5. The number of anilines is 1. The average Bonchev–Trinajstić information content (AvgIpc) is 3.24. The van der Waals surface area contributed by atoms with Crippen LogP contribution in [0.4, 0.5) is 5.69 Å². The summed E-state index contributed by atoms with van der Waals surface area (Å²) in [5.41, 5.74) is 11.7. The van der Waals surface area contributed by atoms with Crippen LogP contribution >= 0.6 is 0 Å². The zero-order valence-corrected chi connectivity index (χ0v) is 18.6. The molecule has 0 spiro atoms. The number of nitrogen functional groups attached to an aromatic ring is 1. The highest BCUT2D eigenvalue weighted by atomic mass is 15.1. The number of hydrogen-bond donors (Lipinski definition) is 1. The van der Waals surface area contributed by atoms with Crippen LogP contribution < -0.4 is 5.73 Å². The molecule has 0 bridgehead atoms. The van der Waals surface area contributed by atoms with E-state index in [1.54, 1.807) is 0 Å². The summed E-state index contributed by atoms with van der Waals surface area (Å²) in [6.07, 6.45) is 9.71. The van der Waals surface area contributed by atoms with Crippen LogP contribution in [0.5, 0.6) is 0 Å². The first-order chi connectivity index (χ1) is 15.7. The molecule has 2 N–H and O–H groups in total. The third kappa shape index (κ3) is 4.23. The van der Waals surface area contributed by atoms with Gasteiger partial charge in [0.15, 0.2) is 5.65 Å². The molecule has 1 fully saturated rings. The van der Waals surface area contributed by atoms with E-state index in [1.807, 2.05) is 48.8 Å². The van der Waals surface area contributed by atoms with Crippen LogP contribution in [-0.2, 0) is 0 Å². The third-order valence-corrected chi connectivity index (χ3v) is 6.47. The van der Waals surface area contributed by atoms with Crippen molar-refractivity contribution < 1.29 is 0 Å². The Bertz CT molecular complexity index is 1180. The summed E-state index contributed by atoms with van der Waals surface area (Å²) in [6, 6.07) is 16.2. The fourth-order valence-corrected chi connectivity index (χ4v) is 4.69. The lowest BCUT2D eigenvalue weighted by atomic mass is 9.93. The number of aromatic nitrogens is 4. The first kappa shape index (κ1) is 20.6. The highest BCUT2D eigenvalue weighted by molar-refractivity contribution is 5.80. The summed E-state index contributed by atoms with van der Waals surface area (Å²) in [5, 5.41) is 0. The Kier molecular flexibility index (Phi) is 5.86. The van der Waals surface area contributed by atoms with Crippen molar-refractivity contribution >= 4 is 16.9 Å². The van der Waals surface area contributed by atoms with Gasteiger partial charge in [-0.3, -0.25) is 9.55 Å². The number of nitrogens with zero attached hydrogens (tertiary/aromatic N) is 5. The quantitative estimate of drug-likeness (QED) is 0.465. The predicted octanol–water partition coefficient (Wildman–Crippen LogP) is 5.04. The Labute approximate surface area is 189 Å². The van der Waals surface area contributed by atoms with Crippen LogP contribution in [0.15, 0.2) is 60.9 Å². The number of pyridine rings is 2. The molecule has 1 unspecified atom stereocenters. The highest BCUT2D eigenvalue weighted by Gasteiger charge is 2.20. The molecule has 1 saturated heterocycles. The van der Waals surface area contributed by atoms with Crippen molar-refractivity contribution in [2.45, 2.75) is 38.0 Å². The predicted molar refractivity (Wildman–Crippen MR) is 130 cm³/mol. The van der Waals surface area contributed by atoms with Crippen LogP contribution in [0.3, 0.4) is 0 Å². The van der Waals surface area contributed by atoms with Gasteiger partial charge in [0.05, 0.1) is 5.69 Å². The van der Waals surface area contributed by atoms with Gasteiger partial charge in [-0.2, -0.15) is 0 Å². The number of hydrogen-bond acceptors (Lipinski definition) is 5. The van der Waals surface area contributed by atoms with Crippen molar-refractivity contribution in [2.75, 3.05) is 25.9 Å². The molecule has 0 aliphatic carbocycles. The fourth-order valence-electron chi connectivity index (χ4n) is 4.69. The second kappa shape index (κ2) is 9.09. The zero-order chi connectivity index (χ0) is 21.9. The van der Waals surface area contributed by atoms with Crippen molar-refractivity contribution in [3.05, 3.63) is 66.6 Å². The SMILES string of the molecule is CN1CCCCC(c2ccc3nc(-c4ccc(N)cc4)n(-c4ccncc4)c3n2)CCC1. The summed E-state index contributed by atoms with van der Waals surface area (Å²) in [7, 11) is 2.23. The molecule has 0 amide bonds. The van der Waals surface area contributed by atoms with E-state index in [-0.39, 0.29) is 0 Å². The van der Waals surface area contributed by atoms with Crippen LogP contribution in [0, 0.1) is 0 Å². The van der Waals surface area contributed by atoms with Crippen LogP contribution in [-0.4, -0.2) is 44.6 Å². The van der Waals surface area contributed by atoms with Gasteiger partial charge in [-0.05, 0) is 94.4 Å². The third-order valence-electron chi connectivity index (χ3n) is 6.47. The maximum atomic E-state index is 5.92. The lowest BCUT2D eigenvalue weighted by Gasteiger charge is -2.16. The van der Waals surface area contributed by atoms with Crippen molar-refractivity contribution in [3.63, 3.8) is 0 Å². The molecule has 0 saturated carbocycles. The molecule has 6 heteroatoms. The molecule has 6 nitrogen and oxygen atoms in total. The van der Waals surface area contributed by atoms with E-state index in [9.17, 15) is 0 Å². The summed E-state index contributed by atoms with van der Waals surface area (Å²) in [5.74, 6) is 1.36. The average molecular weight is 427 g/mol. The smallest absolute Gasteiger partial charge is 0.165 e. The molecule has 0 radical (unpaired) electrons. The van der Waals surface area contributed by atoms with E-state index < -0.39 is 0 Å². The molecule has 1 aliphatic rings. The second-order valence-electron chi connectivity index (χ2n) is 8.82. The van der Waals surface area contributed by atoms with Gasteiger partial charge in [-0.1, -0.05) is 6.42 Å². The van der Waals surface area contributed by atoms with Crippen molar-refractivity contribution in [2.24, 2.45) is 0 Å². The molecule has 5 rings (SSSR count). The van der Waals surface area contributed by atoms with E-state index in [4.69, 9.17) is 15.7 Å². The molecule has 4 heterocycles. The second-order valence-corrected chi connectivity index (χ2v) is 8.82. The normalized spacial score (nSPS) is 18.2. The van der Waals surface area contributed by atoms with Crippen LogP contribution in [0.25, 0.3) is 28.2 Å². The molecule has 164 valence electrons. The lowest BCUT2D eigenvalue weighted by molar-refractivity contribution is 0.326. The first-order valence-electron chi connectivity index (χ1n) is 11.5. The maximum absolute atomic E-state index is 5.92. The molecule has 1 aromatic carbocycles. The summed E-state index contributed by atoms with van der Waals surface area (Å²) in [4.78, 5) is 16.8. The van der Waals surface area contributed by atoms with E-state index in [0.29, 0.717) is 5.92 Å². The van der Waals surface area contributed by atoms with Gasteiger partial charge >= 0.3 is 0 Å². The lowest BCUT2D eigenvalue weighted by Crippen LogP contribution is -2.20. The van der Waals surface area contributed by atoms with Gasteiger partial charge in [-0.15, -0.1) is 0 Å². The standard InChI is InChI=1S/C26H30N6/c1-31-17-3-2-5-19(6-4-18-31)23-11-12-24-26(29-23)32(22-13-15-28-16-14-22)25(30-24)20-7-9-21(27)10-8-20/h7-16,19H,2-6,17-18,27H2,1H3. The highest BCUT2D eigenvalue weighted by Crippen LogP contribution is 2.32. The number of nitrogens with two attached hydrogens (primary N) is 1. The minimum atomic E-state index is 0.492. The number of rotatable bonds is 3. The van der Waals surface area contributed by atoms with E-state index in [2.05, 4.69) is 33.6 Å². The topological polar surface area (TPSA) is 72.9 Å². The van der Waals surface area contributed by atoms with Gasteiger partial charge in [0, 0.05) is 35.3 Å². The minimum Gasteiger partial charge on any atom is -0.399 e. The van der Waals surface area contributed by atoms with Gasteiger partial charge in [0.25, 0.3) is 0 Å². The monoisotopic (exact) mass is 426 g/mol. The Morgan fingerprint density at radius 2 is 1.59 bits per heavy atom. The summed E-state index contributed by atoms with van der Waals surface area (Å²) in [6.45, 7) is 2.36. The molecular formula is C26H30N6. The van der Waals surface area contributed by atoms with Gasteiger partial charge in [0.2, 0.25) is 0 Å². The summed E-state index contributed by atoms with van der Waals surface area (Å²) < 4.78 is 2.15. The van der Waals surface area contributed by atoms with Gasteiger partial charge in [-0.25, -0.2) is 9.97 Å². The van der Waals surface area contributed by atoms with E-state index >= 15 is 0 Å². The number of imidazole rings is 1. The molecule has 4 aromatic rings. The van der Waals surface area contributed by atoms with Crippen LogP contribution in [0.1, 0.15) is 43.7 Å². The number of benzene rings is 1. The zero-order valence-electron chi connectivity index (χ0n) is 18.6. The van der Waals surface area contributed by atoms with Crippen molar-refractivity contribution in [3.8, 4) is 17.1 Å². The molecule has 1 atom stereocenters. The Balaban J connectivity index is 1.61. The molecule has 1 aliphatic heterocycles. The Morgan fingerprint density at radius 1 is 0.844 bits per heavy atom. The van der Waals surface area contributed by atoms with Gasteiger partial charge < -0.3 is 10.6 Å². The largest absolute Gasteiger partial charge is 0.399 e. The fraction of sp³-hybridized carbons (Fsp3) is 0.346. The molecule has 3 aromatic heterocycles. The Morgan fingerprint density at radius 3 is 2.41 bits per heavy atom. The molecule has 32 heavy (non-hydrogen) atoms. The number of fused-ring (bicyclic) bond motifs is 1. The Hall–Kier alpha value is -3.25. The maximum Gasteiger partial charge on any atom is 0.165 e. The van der Waals surface area contributed by atoms with Crippen molar-refractivity contribution in [1.82, 2.24) is 24.4 Å². The van der Waals surface area contributed by atoms with E-state index in [0.717, 1.165) is 40.5 Å².